The lowest BCUT2D eigenvalue weighted by atomic mass is 9.77. The molecule has 0 bridgehead atoms. The molecule has 2 atom stereocenters. The van der Waals surface area contributed by atoms with Crippen LogP contribution < -0.4 is 5.32 Å². The lowest BCUT2D eigenvalue weighted by molar-refractivity contribution is 0.323. The third-order valence-electron chi connectivity index (χ3n) is 3.84. The molecule has 1 aromatic rings. The maximum Gasteiger partial charge on any atom is 0.123 e. The highest BCUT2D eigenvalue weighted by atomic mass is 19.1. The monoisotopic (exact) mass is 207 g/mol. The Morgan fingerprint density at radius 3 is 2.93 bits per heavy atom. The van der Waals surface area contributed by atoms with E-state index in [0.29, 0.717) is 5.92 Å². The smallest absolute Gasteiger partial charge is 0.123 e. The van der Waals surface area contributed by atoms with Crippen molar-refractivity contribution in [3.63, 3.8) is 0 Å². The van der Waals surface area contributed by atoms with Crippen molar-refractivity contribution in [2.75, 3.05) is 5.32 Å². The standard InChI is InChI=1S/C13H18FN/c1-4-13(3)9(2)7-10-8-11(14)5-6-12(10)15-13/h5-6,8-9,15H,4,7H2,1-3H3. The van der Waals surface area contributed by atoms with Gasteiger partial charge in [-0.1, -0.05) is 13.8 Å². The molecule has 0 amide bonds. The second kappa shape index (κ2) is 3.51. The van der Waals surface area contributed by atoms with Crippen LogP contribution in [0, 0.1) is 11.7 Å². The molecule has 82 valence electrons. The predicted octanol–water partition coefficient (Wildman–Crippen LogP) is 3.60. The summed E-state index contributed by atoms with van der Waals surface area (Å²) in [7, 11) is 0. The summed E-state index contributed by atoms with van der Waals surface area (Å²) >= 11 is 0. The number of hydrogen-bond acceptors (Lipinski definition) is 1. The lowest BCUT2D eigenvalue weighted by Crippen LogP contribution is -2.45. The molecule has 0 saturated carbocycles. The molecule has 2 unspecified atom stereocenters. The highest BCUT2D eigenvalue weighted by Crippen LogP contribution is 2.36. The van der Waals surface area contributed by atoms with Crippen LogP contribution in [-0.4, -0.2) is 5.54 Å². The Hall–Kier alpha value is -1.05. The fourth-order valence-corrected chi connectivity index (χ4v) is 2.28. The maximum atomic E-state index is 13.1. The summed E-state index contributed by atoms with van der Waals surface area (Å²) < 4.78 is 13.1. The van der Waals surface area contributed by atoms with Gasteiger partial charge in [0.1, 0.15) is 5.82 Å². The topological polar surface area (TPSA) is 12.0 Å². The van der Waals surface area contributed by atoms with Gasteiger partial charge in [-0.2, -0.15) is 0 Å². The van der Waals surface area contributed by atoms with Crippen molar-refractivity contribution in [3.8, 4) is 0 Å². The molecule has 0 fully saturated rings. The summed E-state index contributed by atoms with van der Waals surface area (Å²) in [4.78, 5) is 0. The van der Waals surface area contributed by atoms with E-state index in [2.05, 4.69) is 26.1 Å². The minimum absolute atomic E-state index is 0.136. The Kier molecular flexibility index (Phi) is 2.45. The molecule has 0 saturated heterocycles. The first-order chi connectivity index (χ1) is 7.05. The summed E-state index contributed by atoms with van der Waals surface area (Å²) in [6.45, 7) is 6.66. The number of anilines is 1. The molecular formula is C13H18FN. The van der Waals surface area contributed by atoms with Gasteiger partial charge < -0.3 is 5.32 Å². The van der Waals surface area contributed by atoms with Crippen LogP contribution in [-0.2, 0) is 6.42 Å². The number of fused-ring (bicyclic) bond motifs is 1. The maximum absolute atomic E-state index is 13.1. The number of rotatable bonds is 1. The summed E-state index contributed by atoms with van der Waals surface area (Å²) in [5, 5.41) is 3.53. The molecule has 1 heterocycles. The molecule has 1 aliphatic rings. The van der Waals surface area contributed by atoms with Crippen LogP contribution in [0.1, 0.15) is 32.8 Å². The minimum atomic E-state index is -0.136. The molecule has 1 aromatic carbocycles. The van der Waals surface area contributed by atoms with E-state index < -0.39 is 0 Å². The van der Waals surface area contributed by atoms with Crippen LogP contribution in [0.25, 0.3) is 0 Å². The van der Waals surface area contributed by atoms with Crippen molar-refractivity contribution >= 4 is 5.69 Å². The van der Waals surface area contributed by atoms with Gasteiger partial charge in [-0.25, -0.2) is 4.39 Å². The van der Waals surface area contributed by atoms with E-state index in [4.69, 9.17) is 0 Å². The van der Waals surface area contributed by atoms with Gasteiger partial charge in [0.25, 0.3) is 0 Å². The number of benzene rings is 1. The second-order valence-electron chi connectivity index (χ2n) is 4.80. The number of hydrogen-bond donors (Lipinski definition) is 1. The molecule has 1 nitrogen and oxygen atoms in total. The Labute approximate surface area is 90.7 Å². The third-order valence-corrected chi connectivity index (χ3v) is 3.84. The van der Waals surface area contributed by atoms with Gasteiger partial charge in [-0.15, -0.1) is 0 Å². The van der Waals surface area contributed by atoms with Crippen LogP contribution in [0.4, 0.5) is 10.1 Å². The van der Waals surface area contributed by atoms with Crippen LogP contribution >= 0.6 is 0 Å². The molecule has 1 N–H and O–H groups in total. The minimum Gasteiger partial charge on any atom is -0.379 e. The zero-order valence-corrected chi connectivity index (χ0v) is 9.60. The van der Waals surface area contributed by atoms with Crippen molar-refractivity contribution < 1.29 is 4.39 Å². The Morgan fingerprint density at radius 2 is 2.27 bits per heavy atom. The fraction of sp³-hybridized carbons (Fsp3) is 0.538. The predicted molar refractivity (Wildman–Crippen MR) is 61.6 cm³/mol. The summed E-state index contributed by atoms with van der Waals surface area (Å²) in [6.07, 6.45) is 2.05. The van der Waals surface area contributed by atoms with E-state index in [9.17, 15) is 4.39 Å². The number of halogens is 1. The van der Waals surface area contributed by atoms with Crippen LogP contribution in [0.5, 0.6) is 0 Å². The van der Waals surface area contributed by atoms with Gasteiger partial charge in [0.15, 0.2) is 0 Å². The second-order valence-corrected chi connectivity index (χ2v) is 4.80. The average Bonchev–Trinajstić information content (AvgIpc) is 2.20. The zero-order valence-electron chi connectivity index (χ0n) is 9.60. The van der Waals surface area contributed by atoms with Crippen molar-refractivity contribution in [1.82, 2.24) is 0 Å². The highest BCUT2D eigenvalue weighted by molar-refractivity contribution is 5.55. The normalized spacial score (nSPS) is 29.5. The third kappa shape index (κ3) is 1.73. The van der Waals surface area contributed by atoms with Gasteiger partial charge in [0.2, 0.25) is 0 Å². The Balaban J connectivity index is 2.38. The SMILES string of the molecule is CCC1(C)Nc2ccc(F)cc2CC1C. The molecule has 15 heavy (non-hydrogen) atoms. The molecule has 2 rings (SSSR count). The van der Waals surface area contributed by atoms with Crippen LogP contribution in [0.15, 0.2) is 18.2 Å². The van der Waals surface area contributed by atoms with Crippen molar-refractivity contribution in [2.24, 2.45) is 5.92 Å². The first-order valence-corrected chi connectivity index (χ1v) is 5.62. The van der Waals surface area contributed by atoms with Gasteiger partial charge >= 0.3 is 0 Å². The lowest BCUT2D eigenvalue weighted by Gasteiger charge is -2.42. The van der Waals surface area contributed by atoms with Crippen LogP contribution in [0.3, 0.4) is 0 Å². The van der Waals surface area contributed by atoms with Crippen LogP contribution in [0.2, 0.25) is 0 Å². The van der Waals surface area contributed by atoms with E-state index in [-0.39, 0.29) is 11.4 Å². The van der Waals surface area contributed by atoms with E-state index >= 15 is 0 Å². The van der Waals surface area contributed by atoms with Gasteiger partial charge in [-0.3, -0.25) is 0 Å². The van der Waals surface area contributed by atoms with E-state index in [1.54, 1.807) is 6.07 Å². The first-order valence-electron chi connectivity index (χ1n) is 5.62. The molecule has 2 heteroatoms. The highest BCUT2D eigenvalue weighted by Gasteiger charge is 2.33. The molecule has 1 aliphatic heterocycles. The Morgan fingerprint density at radius 1 is 1.53 bits per heavy atom. The van der Waals surface area contributed by atoms with Gasteiger partial charge in [0, 0.05) is 11.2 Å². The summed E-state index contributed by atoms with van der Waals surface area (Å²) in [5.41, 5.74) is 2.34. The Bertz CT molecular complexity index is 375. The van der Waals surface area contributed by atoms with E-state index in [1.165, 1.54) is 6.07 Å². The summed E-state index contributed by atoms with van der Waals surface area (Å²) in [6, 6.07) is 5.02. The largest absolute Gasteiger partial charge is 0.379 e. The summed E-state index contributed by atoms with van der Waals surface area (Å²) in [5.74, 6) is 0.402. The van der Waals surface area contributed by atoms with E-state index in [0.717, 1.165) is 24.1 Å². The first kappa shape index (κ1) is 10.5. The molecule has 0 spiro atoms. The quantitative estimate of drug-likeness (QED) is 0.742. The molecular weight excluding hydrogens is 189 g/mol. The van der Waals surface area contributed by atoms with E-state index in [1.807, 2.05) is 6.07 Å². The fourth-order valence-electron chi connectivity index (χ4n) is 2.28. The molecule has 0 radical (unpaired) electrons. The molecule has 0 aliphatic carbocycles. The zero-order chi connectivity index (χ0) is 11.1. The van der Waals surface area contributed by atoms with Crippen molar-refractivity contribution in [3.05, 3.63) is 29.6 Å². The van der Waals surface area contributed by atoms with Gasteiger partial charge in [-0.05, 0) is 49.4 Å². The average molecular weight is 207 g/mol. The molecule has 0 aromatic heterocycles. The number of nitrogens with one attached hydrogen (secondary N) is 1. The van der Waals surface area contributed by atoms with Crippen molar-refractivity contribution in [1.29, 1.82) is 0 Å². The van der Waals surface area contributed by atoms with Crippen molar-refractivity contribution in [2.45, 2.75) is 39.2 Å². The van der Waals surface area contributed by atoms with Gasteiger partial charge in [0.05, 0.1) is 0 Å².